The van der Waals surface area contributed by atoms with Crippen LogP contribution in [0.3, 0.4) is 0 Å². The molecule has 0 heterocycles. The van der Waals surface area contributed by atoms with Crippen molar-refractivity contribution in [3.05, 3.63) is 28.5 Å². The van der Waals surface area contributed by atoms with Crippen molar-refractivity contribution in [1.82, 2.24) is 0 Å². The van der Waals surface area contributed by atoms with Crippen molar-refractivity contribution in [1.29, 1.82) is 0 Å². The van der Waals surface area contributed by atoms with E-state index in [0.29, 0.717) is 5.56 Å². The van der Waals surface area contributed by atoms with Crippen LogP contribution in [0.25, 0.3) is 0 Å². The molecule has 2 unspecified atom stereocenters. The Morgan fingerprint density at radius 1 is 1.65 bits per heavy atom. The molecule has 4 nitrogen and oxygen atoms in total. The van der Waals surface area contributed by atoms with Crippen LogP contribution in [0.2, 0.25) is 5.02 Å². The molecular formula is C11H11ClFNO3. The highest BCUT2D eigenvalue weighted by Crippen LogP contribution is 2.51. The first-order valence-electron chi connectivity index (χ1n) is 5.09. The molecule has 0 spiro atoms. The normalized spacial score (nSPS) is 22.2. The topological polar surface area (TPSA) is 72.6 Å². The summed E-state index contributed by atoms with van der Waals surface area (Å²) >= 11 is 5.64. The average Bonchev–Trinajstić information content (AvgIpc) is 3.00. The quantitative estimate of drug-likeness (QED) is 0.875. The van der Waals surface area contributed by atoms with Crippen LogP contribution in [0.5, 0.6) is 5.75 Å². The highest BCUT2D eigenvalue weighted by Gasteiger charge is 2.41. The SMILES string of the molecule is NC(=O)OCC1CC1c1cc(Cl)c(F)cc1O. The van der Waals surface area contributed by atoms with Gasteiger partial charge in [0, 0.05) is 12.0 Å². The van der Waals surface area contributed by atoms with Gasteiger partial charge in [-0.25, -0.2) is 9.18 Å². The van der Waals surface area contributed by atoms with E-state index >= 15 is 0 Å². The Kier molecular flexibility index (Phi) is 3.11. The number of halogens is 2. The minimum absolute atomic E-state index is 0.0285. The Balaban J connectivity index is 2.05. The number of benzene rings is 1. The van der Waals surface area contributed by atoms with E-state index < -0.39 is 11.9 Å². The smallest absolute Gasteiger partial charge is 0.404 e. The molecule has 17 heavy (non-hydrogen) atoms. The summed E-state index contributed by atoms with van der Waals surface area (Å²) in [6.07, 6.45) is -0.0694. The molecule has 0 saturated heterocycles. The third-order valence-electron chi connectivity index (χ3n) is 2.83. The van der Waals surface area contributed by atoms with Crippen LogP contribution in [0.4, 0.5) is 9.18 Å². The van der Waals surface area contributed by atoms with Crippen LogP contribution >= 0.6 is 11.6 Å². The number of aromatic hydroxyl groups is 1. The van der Waals surface area contributed by atoms with Gasteiger partial charge in [-0.15, -0.1) is 0 Å². The van der Waals surface area contributed by atoms with Gasteiger partial charge in [-0.2, -0.15) is 0 Å². The van der Waals surface area contributed by atoms with Crippen molar-refractivity contribution in [2.24, 2.45) is 11.7 Å². The molecule has 3 N–H and O–H groups in total. The number of amides is 1. The third kappa shape index (κ3) is 2.61. The van der Waals surface area contributed by atoms with E-state index in [1.807, 2.05) is 0 Å². The highest BCUT2D eigenvalue weighted by atomic mass is 35.5. The monoisotopic (exact) mass is 259 g/mol. The maximum atomic E-state index is 13.0. The summed E-state index contributed by atoms with van der Waals surface area (Å²) in [4.78, 5) is 10.4. The van der Waals surface area contributed by atoms with Gasteiger partial charge in [-0.3, -0.25) is 0 Å². The maximum absolute atomic E-state index is 13.0. The Morgan fingerprint density at radius 3 is 3.00 bits per heavy atom. The third-order valence-corrected chi connectivity index (χ3v) is 3.12. The number of phenols is 1. The first-order chi connectivity index (χ1) is 7.99. The number of phenolic OH excluding ortho intramolecular Hbond substituents is 1. The molecule has 1 fully saturated rings. The minimum atomic E-state index is -0.822. The van der Waals surface area contributed by atoms with Gasteiger partial charge in [0.05, 0.1) is 11.6 Å². The lowest BCUT2D eigenvalue weighted by atomic mass is 10.1. The van der Waals surface area contributed by atoms with Crippen LogP contribution < -0.4 is 5.73 Å². The van der Waals surface area contributed by atoms with Gasteiger partial charge >= 0.3 is 6.09 Å². The first-order valence-corrected chi connectivity index (χ1v) is 5.47. The molecule has 0 bridgehead atoms. The predicted octanol–water partition coefficient (Wildman–Crippen LogP) is 2.38. The molecule has 0 aromatic heterocycles. The molecule has 6 heteroatoms. The number of rotatable bonds is 3. The molecule has 1 aromatic carbocycles. The number of carbonyl (C=O) groups excluding carboxylic acids is 1. The number of primary amides is 1. The fraction of sp³-hybridized carbons (Fsp3) is 0.364. The van der Waals surface area contributed by atoms with Crippen molar-refractivity contribution in [3.8, 4) is 5.75 Å². The van der Waals surface area contributed by atoms with Gasteiger partial charge in [0.2, 0.25) is 0 Å². The van der Waals surface area contributed by atoms with Crippen LogP contribution in [0, 0.1) is 11.7 Å². The van der Waals surface area contributed by atoms with Gasteiger partial charge in [0.25, 0.3) is 0 Å². The Labute approximate surface area is 102 Å². The average molecular weight is 260 g/mol. The van der Waals surface area contributed by atoms with Crippen LogP contribution in [-0.4, -0.2) is 17.8 Å². The molecule has 0 aliphatic heterocycles. The van der Waals surface area contributed by atoms with Crippen molar-refractivity contribution in [2.75, 3.05) is 6.61 Å². The molecule has 2 atom stereocenters. The second kappa shape index (κ2) is 4.41. The van der Waals surface area contributed by atoms with Gasteiger partial charge in [0.1, 0.15) is 11.6 Å². The number of nitrogens with two attached hydrogens (primary N) is 1. The van der Waals surface area contributed by atoms with E-state index in [9.17, 15) is 14.3 Å². The first kappa shape index (κ1) is 12.0. The molecule has 1 aromatic rings. The molecule has 1 saturated carbocycles. The number of hydrogen-bond donors (Lipinski definition) is 2. The number of hydrogen-bond acceptors (Lipinski definition) is 3. The molecule has 1 aliphatic carbocycles. The Hall–Kier alpha value is -1.49. The van der Waals surface area contributed by atoms with Crippen molar-refractivity contribution >= 4 is 17.7 Å². The molecule has 0 radical (unpaired) electrons. The van der Waals surface area contributed by atoms with E-state index in [2.05, 4.69) is 4.74 Å². The Bertz CT molecular complexity index is 466. The summed E-state index contributed by atoms with van der Waals surface area (Å²) in [7, 11) is 0. The summed E-state index contributed by atoms with van der Waals surface area (Å²) in [6.45, 7) is 0.203. The molecule has 1 amide bonds. The van der Waals surface area contributed by atoms with E-state index in [0.717, 1.165) is 12.5 Å². The zero-order valence-corrected chi connectivity index (χ0v) is 9.58. The fourth-order valence-corrected chi connectivity index (χ4v) is 2.02. The molecule has 2 rings (SSSR count). The number of ether oxygens (including phenoxy) is 1. The molecular weight excluding hydrogens is 249 g/mol. The predicted molar refractivity (Wildman–Crippen MR) is 59.5 cm³/mol. The summed E-state index contributed by atoms with van der Waals surface area (Å²) in [5.74, 6) is -0.639. The van der Waals surface area contributed by atoms with Crippen molar-refractivity contribution in [3.63, 3.8) is 0 Å². The second-order valence-electron chi connectivity index (χ2n) is 4.06. The lowest BCUT2D eigenvalue weighted by Crippen LogP contribution is -2.14. The molecule has 92 valence electrons. The summed E-state index contributed by atoms with van der Waals surface area (Å²) in [6, 6.07) is 2.39. The van der Waals surface area contributed by atoms with E-state index in [4.69, 9.17) is 17.3 Å². The maximum Gasteiger partial charge on any atom is 0.404 e. The summed E-state index contributed by atoms with van der Waals surface area (Å²) in [5.41, 5.74) is 5.42. The van der Waals surface area contributed by atoms with Crippen LogP contribution in [0.1, 0.15) is 17.9 Å². The zero-order chi connectivity index (χ0) is 12.6. The minimum Gasteiger partial charge on any atom is -0.508 e. The number of carbonyl (C=O) groups is 1. The zero-order valence-electron chi connectivity index (χ0n) is 8.82. The summed E-state index contributed by atoms with van der Waals surface area (Å²) < 4.78 is 17.7. The lowest BCUT2D eigenvalue weighted by molar-refractivity contribution is 0.151. The van der Waals surface area contributed by atoms with E-state index in [1.54, 1.807) is 0 Å². The van der Waals surface area contributed by atoms with Crippen LogP contribution in [0.15, 0.2) is 12.1 Å². The second-order valence-corrected chi connectivity index (χ2v) is 4.46. The van der Waals surface area contributed by atoms with Crippen LogP contribution in [-0.2, 0) is 4.74 Å². The fourth-order valence-electron chi connectivity index (χ4n) is 1.85. The van der Waals surface area contributed by atoms with Gasteiger partial charge in [-0.05, 0) is 24.0 Å². The Morgan fingerprint density at radius 2 is 2.35 bits per heavy atom. The van der Waals surface area contributed by atoms with E-state index in [1.165, 1.54) is 6.07 Å². The van der Waals surface area contributed by atoms with Gasteiger partial charge in [-0.1, -0.05) is 11.6 Å². The van der Waals surface area contributed by atoms with Crippen molar-refractivity contribution in [2.45, 2.75) is 12.3 Å². The standard InChI is InChI=1S/C11H11ClFNO3/c12-8-2-7(10(15)3-9(8)13)6-1-5(6)4-17-11(14)16/h2-3,5-6,15H,1,4H2,(H2,14,16). The van der Waals surface area contributed by atoms with Gasteiger partial charge < -0.3 is 15.6 Å². The lowest BCUT2D eigenvalue weighted by Gasteiger charge is -2.05. The van der Waals surface area contributed by atoms with E-state index in [-0.39, 0.29) is 29.2 Å². The largest absolute Gasteiger partial charge is 0.508 e. The van der Waals surface area contributed by atoms with Crippen molar-refractivity contribution < 1.29 is 19.0 Å². The highest BCUT2D eigenvalue weighted by molar-refractivity contribution is 6.30. The van der Waals surface area contributed by atoms with Gasteiger partial charge in [0.15, 0.2) is 0 Å². The summed E-state index contributed by atoms with van der Waals surface area (Å²) in [5, 5.41) is 9.56. The molecule has 1 aliphatic rings.